The number of H-pyrrole nitrogens is 1. The Labute approximate surface area is 251 Å². The van der Waals surface area contributed by atoms with E-state index in [2.05, 4.69) is 4.98 Å². The van der Waals surface area contributed by atoms with Crippen LogP contribution in [-0.4, -0.2) is 41.2 Å². The average molecular weight is 631 g/mol. The van der Waals surface area contributed by atoms with Crippen LogP contribution < -0.4 is 14.5 Å². The Morgan fingerprint density at radius 3 is 2.53 bits per heavy atom. The zero-order valence-electron chi connectivity index (χ0n) is 22.6. The number of nitrogens with one attached hydrogen (secondary N) is 1. The number of hydrogen-bond acceptors (Lipinski definition) is 8. The molecule has 2 bridgehead atoms. The van der Waals surface area contributed by atoms with Gasteiger partial charge in [0.1, 0.15) is 5.75 Å². The molecule has 1 saturated heterocycles. The number of anilines is 1. The summed E-state index contributed by atoms with van der Waals surface area (Å²) in [6.07, 6.45) is -3.97. The number of ether oxygens (including phenoxy) is 2. The molecular formula is C30H25F3N2O6S2. The van der Waals surface area contributed by atoms with Crippen molar-refractivity contribution in [1.82, 2.24) is 4.98 Å². The lowest BCUT2D eigenvalue weighted by molar-refractivity contribution is -0.145. The number of hydrogen-bond donors (Lipinski definition) is 1. The van der Waals surface area contributed by atoms with Crippen molar-refractivity contribution in [2.24, 2.45) is 29.6 Å². The van der Waals surface area contributed by atoms with Crippen LogP contribution in [0.25, 0.3) is 0 Å². The number of aromatic nitrogens is 1. The second-order valence-electron chi connectivity index (χ2n) is 11.2. The van der Waals surface area contributed by atoms with Gasteiger partial charge in [-0.1, -0.05) is 29.5 Å². The van der Waals surface area contributed by atoms with Crippen LogP contribution in [0.15, 0.2) is 58.4 Å². The van der Waals surface area contributed by atoms with Crippen molar-refractivity contribution >= 4 is 46.6 Å². The molecular weight excluding hydrogens is 605 g/mol. The fraction of sp³-hybridized carbons (Fsp3) is 0.400. The maximum atomic E-state index is 13.9. The molecule has 3 heterocycles. The maximum Gasteiger partial charge on any atom is 0.416 e. The van der Waals surface area contributed by atoms with E-state index in [9.17, 15) is 32.3 Å². The number of fused-ring (bicyclic) bond motifs is 9. The lowest BCUT2D eigenvalue weighted by Gasteiger charge is -2.43. The third kappa shape index (κ3) is 4.50. The van der Waals surface area contributed by atoms with Crippen LogP contribution >= 0.6 is 23.1 Å². The van der Waals surface area contributed by atoms with E-state index in [0.717, 1.165) is 43.8 Å². The smallest absolute Gasteiger partial charge is 0.416 e. The number of alkyl halides is 3. The first-order chi connectivity index (χ1) is 20.6. The molecule has 3 fully saturated rings. The minimum absolute atomic E-state index is 0.0688. The van der Waals surface area contributed by atoms with Gasteiger partial charge in [0.2, 0.25) is 11.8 Å². The lowest BCUT2D eigenvalue weighted by atomic mass is 9.68. The zero-order valence-corrected chi connectivity index (χ0v) is 24.3. The van der Waals surface area contributed by atoms with Crippen LogP contribution in [0.2, 0.25) is 0 Å². The fourth-order valence-electron chi connectivity index (χ4n) is 7.61. The first-order valence-corrected chi connectivity index (χ1v) is 15.6. The van der Waals surface area contributed by atoms with Crippen molar-refractivity contribution in [3.63, 3.8) is 0 Å². The van der Waals surface area contributed by atoms with Crippen molar-refractivity contribution in [3.05, 3.63) is 74.2 Å². The predicted octanol–water partition coefficient (Wildman–Crippen LogP) is 5.08. The summed E-state index contributed by atoms with van der Waals surface area (Å²) in [5, 5.41) is 0.644. The molecule has 2 amide bonds. The summed E-state index contributed by atoms with van der Waals surface area (Å²) in [5.41, 5.74) is -0.141. The van der Waals surface area contributed by atoms with Gasteiger partial charge in [-0.3, -0.25) is 19.3 Å². The molecule has 0 spiro atoms. The number of halogens is 3. The number of amides is 2. The number of nitrogens with zero attached hydrogens (tertiary/aromatic N) is 1. The van der Waals surface area contributed by atoms with E-state index in [1.165, 1.54) is 23.9 Å². The summed E-state index contributed by atoms with van der Waals surface area (Å²) in [5.74, 6) is -3.04. The van der Waals surface area contributed by atoms with Gasteiger partial charge in [-0.2, -0.15) is 13.2 Å². The van der Waals surface area contributed by atoms with E-state index < -0.39 is 41.4 Å². The number of imide groups is 1. The Hall–Kier alpha value is -3.58. The lowest BCUT2D eigenvalue weighted by Crippen LogP contribution is -2.42. The third-order valence-electron chi connectivity index (χ3n) is 9.03. The standard InChI is InChI=1S/C30H25F3N2O6S2/c1-2-40-19(36)12-41-16-8-3-5-13(9-16)20-21-17-11-18(24(21)42-26-25(20)43-29(39)34-26)23-22(17)27(37)35(28(23)38)15-7-4-6-14(10-15)30(31,32)33/h3-10,17-18,20-24H,2,11-12H2,1H3,(H,34,39)/t17-,18-,20-,21?,22?,23?,24?/m1/s1. The molecule has 1 aromatic heterocycles. The molecule has 2 aromatic carbocycles. The largest absolute Gasteiger partial charge is 0.482 e. The highest BCUT2D eigenvalue weighted by molar-refractivity contribution is 8.00. The Bertz CT molecular complexity index is 1700. The second kappa shape index (κ2) is 10.3. The zero-order chi connectivity index (χ0) is 30.2. The van der Waals surface area contributed by atoms with Crippen molar-refractivity contribution < 1.29 is 37.0 Å². The summed E-state index contributed by atoms with van der Waals surface area (Å²) in [7, 11) is 0. The molecule has 8 nitrogen and oxygen atoms in total. The minimum atomic E-state index is -4.61. The molecule has 2 saturated carbocycles. The molecule has 2 aliphatic carbocycles. The Morgan fingerprint density at radius 2 is 1.79 bits per heavy atom. The highest BCUT2D eigenvalue weighted by Crippen LogP contribution is 2.68. The average Bonchev–Trinajstić information content (AvgIpc) is 3.70. The molecule has 4 aliphatic rings. The van der Waals surface area contributed by atoms with E-state index in [0.29, 0.717) is 12.2 Å². The van der Waals surface area contributed by atoms with Crippen LogP contribution in [0.1, 0.15) is 35.3 Å². The van der Waals surface area contributed by atoms with Crippen molar-refractivity contribution in [1.29, 1.82) is 0 Å². The first-order valence-electron chi connectivity index (χ1n) is 13.9. The monoisotopic (exact) mass is 630 g/mol. The highest BCUT2D eigenvalue weighted by Gasteiger charge is 2.69. The summed E-state index contributed by atoms with van der Waals surface area (Å²) in [6.45, 7) is 1.68. The second-order valence-corrected chi connectivity index (χ2v) is 13.4. The van der Waals surface area contributed by atoms with Gasteiger partial charge in [-0.25, -0.2) is 4.79 Å². The van der Waals surface area contributed by atoms with Gasteiger partial charge < -0.3 is 14.5 Å². The molecule has 43 heavy (non-hydrogen) atoms. The molecule has 0 radical (unpaired) electrons. The van der Waals surface area contributed by atoms with Gasteiger partial charge in [0.25, 0.3) is 0 Å². The number of thioether (sulfide) groups is 1. The first kappa shape index (κ1) is 28.2. The van der Waals surface area contributed by atoms with Crippen LogP contribution in [0, 0.1) is 29.6 Å². The fourth-order valence-corrected chi connectivity index (χ4v) is 10.5. The molecule has 224 valence electrons. The summed E-state index contributed by atoms with van der Waals surface area (Å²) in [6, 6.07) is 11.6. The number of carbonyl (C=O) groups excluding carboxylic acids is 3. The molecule has 13 heteroatoms. The third-order valence-corrected chi connectivity index (χ3v) is 11.6. The van der Waals surface area contributed by atoms with Gasteiger partial charge in [-0.15, -0.1) is 11.8 Å². The van der Waals surface area contributed by atoms with Crippen molar-refractivity contribution in [3.8, 4) is 5.75 Å². The summed E-state index contributed by atoms with van der Waals surface area (Å²) < 4.78 is 51.0. The molecule has 2 aliphatic heterocycles. The number of thiazole rings is 1. The SMILES string of the molecule is CCOC(=O)COc1cccc([C@H]2c3sc(=O)[nH]c3SC3C2[C@H]2C[C@@H]3C3C(=O)N(c4cccc(C(F)(F)F)c4)C(=O)C32)c1. The molecule has 1 N–H and O–H groups in total. The van der Waals surface area contributed by atoms with Crippen molar-refractivity contribution in [2.75, 3.05) is 18.1 Å². The number of carbonyl (C=O) groups is 3. The van der Waals surface area contributed by atoms with Gasteiger partial charge >= 0.3 is 17.0 Å². The van der Waals surface area contributed by atoms with Crippen LogP contribution in [-0.2, 0) is 25.3 Å². The Kier molecular flexibility index (Phi) is 6.73. The molecule has 3 aromatic rings. The number of rotatable bonds is 6. The van der Waals surface area contributed by atoms with E-state index >= 15 is 0 Å². The Morgan fingerprint density at radius 1 is 1.05 bits per heavy atom. The van der Waals surface area contributed by atoms with E-state index in [-0.39, 0.29) is 52.7 Å². The number of benzene rings is 2. The van der Waals surface area contributed by atoms with Crippen LogP contribution in [0.5, 0.6) is 5.75 Å². The molecule has 7 rings (SSSR count). The summed E-state index contributed by atoms with van der Waals surface area (Å²) in [4.78, 5) is 56.5. The van der Waals surface area contributed by atoms with E-state index in [4.69, 9.17) is 9.47 Å². The van der Waals surface area contributed by atoms with Crippen LogP contribution in [0.4, 0.5) is 18.9 Å². The highest BCUT2D eigenvalue weighted by atomic mass is 32.2. The normalized spacial score (nSPS) is 28.9. The van der Waals surface area contributed by atoms with Gasteiger partial charge in [0, 0.05) is 16.0 Å². The van der Waals surface area contributed by atoms with Gasteiger partial charge in [0.05, 0.1) is 34.7 Å². The van der Waals surface area contributed by atoms with Crippen molar-refractivity contribution in [2.45, 2.75) is 35.7 Å². The van der Waals surface area contributed by atoms with E-state index in [1.807, 2.05) is 12.1 Å². The number of esters is 1. The molecule has 4 unspecified atom stereocenters. The Balaban J connectivity index is 1.24. The van der Waals surface area contributed by atoms with E-state index in [1.54, 1.807) is 19.1 Å². The van der Waals surface area contributed by atoms with Gasteiger partial charge in [-0.05, 0) is 67.0 Å². The topological polar surface area (TPSA) is 106 Å². The minimum Gasteiger partial charge on any atom is -0.482 e. The van der Waals surface area contributed by atoms with Gasteiger partial charge in [0.15, 0.2) is 6.61 Å². The quantitative estimate of drug-likeness (QED) is 0.299. The predicted molar refractivity (Wildman–Crippen MR) is 151 cm³/mol. The summed E-state index contributed by atoms with van der Waals surface area (Å²) >= 11 is 2.63. The molecule has 7 atom stereocenters. The maximum absolute atomic E-state index is 13.9. The van der Waals surface area contributed by atoms with Crippen LogP contribution in [0.3, 0.4) is 0 Å². The number of aromatic amines is 1.